The third-order valence-corrected chi connectivity index (χ3v) is 4.30. The van der Waals surface area contributed by atoms with Crippen molar-refractivity contribution in [2.75, 3.05) is 0 Å². The lowest BCUT2D eigenvalue weighted by molar-refractivity contribution is -0.0585. The molecule has 1 aliphatic rings. The highest BCUT2D eigenvalue weighted by Crippen LogP contribution is 2.41. The highest BCUT2D eigenvalue weighted by Gasteiger charge is 2.39. The molecule has 3 rings (SSSR count). The van der Waals surface area contributed by atoms with E-state index >= 15 is 0 Å². The Morgan fingerprint density at radius 3 is 2.70 bits per heavy atom. The Kier molecular flexibility index (Phi) is 3.93. The quantitative estimate of drug-likeness (QED) is 0.705. The molecule has 0 radical (unpaired) electrons. The normalized spacial score (nSPS) is 21.1. The molecule has 1 unspecified atom stereocenters. The second kappa shape index (κ2) is 5.84. The van der Waals surface area contributed by atoms with Gasteiger partial charge in [-0.25, -0.2) is 0 Å². The van der Waals surface area contributed by atoms with Gasteiger partial charge in [0, 0.05) is 12.4 Å². The van der Waals surface area contributed by atoms with Crippen molar-refractivity contribution in [1.82, 2.24) is 4.57 Å². The fourth-order valence-corrected chi connectivity index (χ4v) is 3.23. The topological polar surface area (TPSA) is 14.2 Å². The van der Waals surface area contributed by atoms with Crippen molar-refractivity contribution in [3.05, 3.63) is 59.9 Å². The van der Waals surface area contributed by atoms with Crippen LogP contribution >= 0.6 is 0 Å². The zero-order chi connectivity index (χ0) is 13.8. The maximum absolute atomic E-state index is 6.31. The van der Waals surface area contributed by atoms with Gasteiger partial charge in [-0.1, -0.05) is 50.5 Å². The van der Waals surface area contributed by atoms with Crippen LogP contribution in [-0.4, -0.2) is 4.57 Å². The largest absolute Gasteiger partial charge is 0.364 e. The lowest BCUT2D eigenvalue weighted by Gasteiger charge is -2.30. The van der Waals surface area contributed by atoms with Crippen LogP contribution in [0.1, 0.15) is 43.7 Å². The van der Waals surface area contributed by atoms with Crippen LogP contribution in [0.15, 0.2) is 48.8 Å². The van der Waals surface area contributed by atoms with E-state index in [2.05, 4.69) is 60.3 Å². The van der Waals surface area contributed by atoms with Gasteiger partial charge in [0.05, 0.1) is 13.2 Å². The fraction of sp³-hybridized carbons (Fsp3) is 0.444. The molecule has 1 aromatic heterocycles. The monoisotopic (exact) mass is 269 g/mol. The fourth-order valence-electron chi connectivity index (χ4n) is 3.23. The number of nitrogens with zero attached hydrogens (tertiary/aromatic N) is 1. The van der Waals surface area contributed by atoms with Gasteiger partial charge in [-0.2, -0.15) is 0 Å². The Hall–Kier alpha value is -1.54. The van der Waals surface area contributed by atoms with Gasteiger partial charge in [0.1, 0.15) is 5.60 Å². The van der Waals surface area contributed by atoms with E-state index in [-0.39, 0.29) is 5.60 Å². The van der Waals surface area contributed by atoms with Crippen molar-refractivity contribution in [2.45, 2.75) is 51.4 Å². The summed E-state index contributed by atoms with van der Waals surface area (Å²) in [5.74, 6) is 0. The van der Waals surface area contributed by atoms with E-state index in [1.165, 1.54) is 30.4 Å². The Balaban J connectivity index is 1.88. The van der Waals surface area contributed by atoms with E-state index < -0.39 is 0 Å². The third-order valence-electron chi connectivity index (χ3n) is 4.30. The van der Waals surface area contributed by atoms with Crippen molar-refractivity contribution in [1.29, 1.82) is 0 Å². The molecule has 2 aromatic rings. The molecule has 0 saturated heterocycles. The molecule has 0 aliphatic carbocycles. The number of hydrogen-bond acceptors (Lipinski definition) is 1. The molecule has 1 aromatic carbocycles. The highest BCUT2D eigenvalue weighted by molar-refractivity contribution is 5.35. The summed E-state index contributed by atoms with van der Waals surface area (Å²) in [6.07, 6.45) is 9.13. The zero-order valence-corrected chi connectivity index (χ0v) is 12.2. The minimum absolute atomic E-state index is 0.134. The SMILES string of the molecule is CCCCCC1(Cn2cccc2)OCc2ccccc21. The second-order valence-electron chi connectivity index (χ2n) is 5.75. The molecule has 20 heavy (non-hydrogen) atoms. The molecular weight excluding hydrogens is 246 g/mol. The van der Waals surface area contributed by atoms with Crippen molar-refractivity contribution in [3.8, 4) is 0 Å². The number of benzene rings is 1. The molecule has 1 aliphatic heterocycles. The van der Waals surface area contributed by atoms with Crippen molar-refractivity contribution >= 4 is 0 Å². The maximum Gasteiger partial charge on any atom is 0.112 e. The van der Waals surface area contributed by atoms with Gasteiger partial charge < -0.3 is 9.30 Å². The molecule has 0 N–H and O–H groups in total. The smallest absolute Gasteiger partial charge is 0.112 e. The minimum Gasteiger partial charge on any atom is -0.364 e. The average Bonchev–Trinajstić information content (AvgIpc) is 3.09. The number of aromatic nitrogens is 1. The van der Waals surface area contributed by atoms with Gasteiger partial charge in [0.15, 0.2) is 0 Å². The number of fused-ring (bicyclic) bond motifs is 1. The summed E-state index contributed by atoms with van der Waals surface area (Å²) in [4.78, 5) is 0. The Morgan fingerprint density at radius 1 is 1.10 bits per heavy atom. The first kappa shape index (κ1) is 13.4. The molecule has 106 valence electrons. The van der Waals surface area contributed by atoms with Crippen molar-refractivity contribution in [3.63, 3.8) is 0 Å². The van der Waals surface area contributed by atoms with Gasteiger partial charge >= 0.3 is 0 Å². The standard InChI is InChI=1S/C18H23NO/c1-2-3-6-11-18(15-19-12-7-8-13-19)17-10-5-4-9-16(17)14-20-18/h4-5,7-10,12-13H,2-3,6,11,14-15H2,1H3. The number of rotatable bonds is 6. The summed E-state index contributed by atoms with van der Waals surface area (Å²) < 4.78 is 8.55. The summed E-state index contributed by atoms with van der Waals surface area (Å²) >= 11 is 0. The molecule has 2 heterocycles. The predicted molar refractivity (Wildman–Crippen MR) is 81.5 cm³/mol. The summed E-state index contributed by atoms with van der Waals surface area (Å²) in [6, 6.07) is 12.9. The maximum atomic E-state index is 6.31. The Labute approximate surface area is 121 Å². The lowest BCUT2D eigenvalue weighted by atomic mass is 9.87. The minimum atomic E-state index is -0.134. The lowest BCUT2D eigenvalue weighted by Crippen LogP contribution is -2.30. The van der Waals surface area contributed by atoms with E-state index in [0.29, 0.717) is 0 Å². The van der Waals surface area contributed by atoms with Crippen molar-refractivity contribution < 1.29 is 4.74 Å². The van der Waals surface area contributed by atoms with Gasteiger partial charge in [-0.15, -0.1) is 0 Å². The summed E-state index contributed by atoms with van der Waals surface area (Å²) in [5, 5.41) is 0. The van der Waals surface area contributed by atoms with Crippen LogP contribution in [0.3, 0.4) is 0 Å². The van der Waals surface area contributed by atoms with Crippen LogP contribution < -0.4 is 0 Å². The molecule has 0 amide bonds. The van der Waals surface area contributed by atoms with Gasteiger partial charge in [0.25, 0.3) is 0 Å². The van der Waals surface area contributed by atoms with Crippen LogP contribution in [0.5, 0.6) is 0 Å². The van der Waals surface area contributed by atoms with E-state index in [1.807, 2.05) is 0 Å². The second-order valence-corrected chi connectivity index (χ2v) is 5.75. The van der Waals surface area contributed by atoms with Crippen LogP contribution in [0, 0.1) is 0 Å². The molecule has 2 heteroatoms. The van der Waals surface area contributed by atoms with E-state index in [1.54, 1.807) is 0 Å². The first-order valence-corrected chi connectivity index (χ1v) is 7.67. The molecule has 0 spiro atoms. The summed E-state index contributed by atoms with van der Waals surface area (Å²) in [7, 11) is 0. The molecule has 0 bridgehead atoms. The van der Waals surface area contributed by atoms with Crippen LogP contribution in [0.4, 0.5) is 0 Å². The van der Waals surface area contributed by atoms with E-state index in [0.717, 1.165) is 19.6 Å². The predicted octanol–water partition coefficient (Wildman–Crippen LogP) is 4.49. The van der Waals surface area contributed by atoms with Crippen LogP contribution in [0.2, 0.25) is 0 Å². The molecule has 0 saturated carbocycles. The number of unbranched alkanes of at least 4 members (excludes halogenated alkanes) is 2. The summed E-state index contributed by atoms with van der Waals surface area (Å²) in [6.45, 7) is 3.92. The zero-order valence-electron chi connectivity index (χ0n) is 12.2. The van der Waals surface area contributed by atoms with E-state index in [4.69, 9.17) is 4.74 Å². The van der Waals surface area contributed by atoms with Crippen LogP contribution in [-0.2, 0) is 23.5 Å². The molecular formula is C18H23NO. The van der Waals surface area contributed by atoms with Gasteiger partial charge in [-0.3, -0.25) is 0 Å². The number of hydrogen-bond donors (Lipinski definition) is 0. The highest BCUT2D eigenvalue weighted by atomic mass is 16.5. The first-order chi connectivity index (χ1) is 9.84. The Morgan fingerprint density at radius 2 is 1.90 bits per heavy atom. The Bertz CT molecular complexity index is 546. The van der Waals surface area contributed by atoms with Crippen LogP contribution in [0.25, 0.3) is 0 Å². The van der Waals surface area contributed by atoms with Crippen molar-refractivity contribution in [2.24, 2.45) is 0 Å². The van der Waals surface area contributed by atoms with E-state index in [9.17, 15) is 0 Å². The summed E-state index contributed by atoms with van der Waals surface area (Å²) in [5.41, 5.74) is 2.62. The van der Waals surface area contributed by atoms with Gasteiger partial charge in [0.2, 0.25) is 0 Å². The average molecular weight is 269 g/mol. The third kappa shape index (κ3) is 2.53. The first-order valence-electron chi connectivity index (χ1n) is 7.67. The number of ether oxygens (including phenoxy) is 1. The molecule has 1 atom stereocenters. The molecule has 2 nitrogen and oxygen atoms in total. The molecule has 0 fully saturated rings. The van der Waals surface area contributed by atoms with Gasteiger partial charge in [-0.05, 0) is 29.7 Å².